The monoisotopic (exact) mass is 452 g/mol. The molecule has 1 nitrogen and oxygen atoms in total. The Hall–Kier alpha value is -1.24. The Morgan fingerprint density at radius 1 is 0.697 bits per heavy atom. The molecule has 1 saturated carbocycles. The van der Waals surface area contributed by atoms with Gasteiger partial charge in [-0.1, -0.05) is 108 Å². The van der Waals surface area contributed by atoms with Crippen LogP contribution in [0.15, 0.2) is 35.9 Å². The maximum Gasteiger partial charge on any atom is 0.119 e. The van der Waals surface area contributed by atoms with E-state index in [1.165, 1.54) is 115 Å². The number of rotatable bonds is 15. The Labute approximate surface area is 205 Å². The van der Waals surface area contributed by atoms with Crippen LogP contribution >= 0.6 is 0 Å². The van der Waals surface area contributed by atoms with E-state index in [4.69, 9.17) is 4.74 Å². The lowest BCUT2D eigenvalue weighted by atomic mass is 9.76. The molecule has 1 atom stereocenters. The minimum atomic E-state index is 0.849. The summed E-state index contributed by atoms with van der Waals surface area (Å²) >= 11 is 0. The van der Waals surface area contributed by atoms with Gasteiger partial charge in [-0.3, -0.25) is 0 Å². The molecule has 1 unspecified atom stereocenters. The van der Waals surface area contributed by atoms with Crippen molar-refractivity contribution >= 4 is 0 Å². The Bertz CT molecular complexity index is 650. The van der Waals surface area contributed by atoms with Gasteiger partial charge in [0, 0.05) is 0 Å². The fourth-order valence-electron chi connectivity index (χ4n) is 5.99. The first-order valence-electron chi connectivity index (χ1n) is 14.7. The van der Waals surface area contributed by atoms with Crippen molar-refractivity contribution in [2.45, 2.75) is 129 Å². The van der Waals surface area contributed by atoms with Crippen molar-refractivity contribution in [1.29, 1.82) is 0 Å². The molecule has 1 aromatic rings. The number of hydrogen-bond donors (Lipinski definition) is 0. The maximum absolute atomic E-state index is 5.85. The molecule has 0 heterocycles. The lowest BCUT2D eigenvalue weighted by molar-refractivity contribution is 0.234. The predicted molar refractivity (Wildman–Crippen MR) is 144 cm³/mol. The molecule has 2 aliphatic rings. The smallest absolute Gasteiger partial charge is 0.119 e. The zero-order valence-electron chi connectivity index (χ0n) is 22.0. The topological polar surface area (TPSA) is 9.23 Å². The van der Waals surface area contributed by atoms with Crippen LogP contribution in [-0.4, -0.2) is 6.61 Å². The van der Waals surface area contributed by atoms with Gasteiger partial charge in [0.1, 0.15) is 5.75 Å². The average molecular weight is 453 g/mol. The fraction of sp³-hybridized carbons (Fsp3) is 0.750. The highest BCUT2D eigenvalue weighted by atomic mass is 16.5. The van der Waals surface area contributed by atoms with E-state index in [0.717, 1.165) is 36.5 Å². The van der Waals surface area contributed by atoms with Crippen molar-refractivity contribution < 1.29 is 4.74 Å². The van der Waals surface area contributed by atoms with Crippen LogP contribution < -0.4 is 4.74 Å². The van der Waals surface area contributed by atoms with Crippen LogP contribution in [-0.2, 0) is 6.42 Å². The summed E-state index contributed by atoms with van der Waals surface area (Å²) in [5.41, 5.74) is 3.16. The van der Waals surface area contributed by atoms with E-state index >= 15 is 0 Å². The first-order valence-corrected chi connectivity index (χ1v) is 14.7. The highest BCUT2D eigenvalue weighted by Gasteiger charge is 2.22. The third kappa shape index (κ3) is 10.3. The summed E-state index contributed by atoms with van der Waals surface area (Å²) in [6, 6.07) is 8.84. The zero-order valence-corrected chi connectivity index (χ0v) is 22.0. The van der Waals surface area contributed by atoms with Gasteiger partial charge in [0.05, 0.1) is 6.61 Å². The van der Waals surface area contributed by atoms with Crippen molar-refractivity contribution in [2.75, 3.05) is 6.61 Å². The summed E-state index contributed by atoms with van der Waals surface area (Å²) in [5, 5.41) is 0. The lowest BCUT2D eigenvalue weighted by Gasteiger charge is -2.30. The molecule has 1 fully saturated rings. The third-order valence-corrected chi connectivity index (χ3v) is 8.45. The molecule has 0 spiro atoms. The van der Waals surface area contributed by atoms with Gasteiger partial charge in [0.2, 0.25) is 0 Å². The fourth-order valence-corrected chi connectivity index (χ4v) is 5.99. The molecule has 0 aliphatic heterocycles. The molecule has 186 valence electrons. The van der Waals surface area contributed by atoms with Crippen molar-refractivity contribution in [1.82, 2.24) is 0 Å². The van der Waals surface area contributed by atoms with Crippen LogP contribution in [0.4, 0.5) is 0 Å². The van der Waals surface area contributed by atoms with E-state index < -0.39 is 0 Å². The van der Waals surface area contributed by atoms with Gasteiger partial charge in [-0.05, 0) is 80.4 Å². The van der Waals surface area contributed by atoms with Crippen molar-refractivity contribution in [3.05, 3.63) is 41.5 Å². The highest BCUT2D eigenvalue weighted by molar-refractivity contribution is 5.28. The van der Waals surface area contributed by atoms with Gasteiger partial charge in [-0.15, -0.1) is 0 Å². The Morgan fingerprint density at radius 2 is 1.36 bits per heavy atom. The van der Waals surface area contributed by atoms with E-state index in [1.807, 2.05) is 0 Å². The summed E-state index contributed by atoms with van der Waals surface area (Å²) in [5.74, 6) is 4.08. The molecule has 2 aliphatic carbocycles. The molecule has 0 N–H and O–H groups in total. The Kier molecular flexibility index (Phi) is 12.5. The number of ether oxygens (including phenoxy) is 1. The molecule has 1 heteroatoms. The minimum absolute atomic E-state index is 0.849. The third-order valence-electron chi connectivity index (χ3n) is 8.45. The zero-order chi connectivity index (χ0) is 23.1. The molecule has 0 amide bonds. The first-order chi connectivity index (χ1) is 16.3. The lowest BCUT2D eigenvalue weighted by Crippen LogP contribution is -2.16. The SMILES string of the molecule is CCCCCOc1ccc(CCC2=CCC(CCC3CCC(CCCCC)CC3)CC2)cc1. The van der Waals surface area contributed by atoms with Gasteiger partial charge in [0.15, 0.2) is 0 Å². The maximum atomic E-state index is 5.85. The van der Waals surface area contributed by atoms with E-state index in [-0.39, 0.29) is 0 Å². The van der Waals surface area contributed by atoms with Gasteiger partial charge in [0.25, 0.3) is 0 Å². The van der Waals surface area contributed by atoms with Crippen LogP contribution in [0.25, 0.3) is 0 Å². The largest absolute Gasteiger partial charge is 0.494 e. The number of benzene rings is 1. The number of allylic oxidation sites excluding steroid dienone is 2. The molecule has 1 aromatic carbocycles. The molecule has 0 aromatic heterocycles. The molecule has 0 saturated heterocycles. The van der Waals surface area contributed by atoms with E-state index in [2.05, 4.69) is 44.2 Å². The van der Waals surface area contributed by atoms with Crippen molar-refractivity contribution in [2.24, 2.45) is 17.8 Å². The van der Waals surface area contributed by atoms with E-state index in [1.54, 1.807) is 5.57 Å². The van der Waals surface area contributed by atoms with Gasteiger partial charge >= 0.3 is 0 Å². The summed E-state index contributed by atoms with van der Waals surface area (Å²) in [7, 11) is 0. The molecule has 33 heavy (non-hydrogen) atoms. The summed E-state index contributed by atoms with van der Waals surface area (Å²) in [6.45, 7) is 5.41. The van der Waals surface area contributed by atoms with Crippen LogP contribution in [0.2, 0.25) is 0 Å². The van der Waals surface area contributed by atoms with Gasteiger partial charge in [-0.25, -0.2) is 0 Å². The van der Waals surface area contributed by atoms with Crippen LogP contribution in [0.3, 0.4) is 0 Å². The Morgan fingerprint density at radius 3 is 2.03 bits per heavy atom. The first kappa shape index (κ1) is 26.4. The standard InChI is InChI=1S/C32H52O/c1-3-5-7-9-27-10-12-28(13-11-27)14-15-29-16-18-30(19-17-29)20-21-31-22-24-32(25-23-31)33-26-8-6-4-2/h18,22-25,27-29H,3-17,19-21,26H2,1-2H3. The quantitative estimate of drug-likeness (QED) is 0.190. The number of aryl methyl sites for hydroxylation is 1. The van der Waals surface area contributed by atoms with Crippen LogP contribution in [0.1, 0.15) is 129 Å². The number of unbranched alkanes of at least 4 members (excludes halogenated alkanes) is 4. The second-order valence-corrected chi connectivity index (χ2v) is 11.2. The minimum Gasteiger partial charge on any atom is -0.494 e. The second kappa shape index (κ2) is 15.6. The second-order valence-electron chi connectivity index (χ2n) is 11.2. The predicted octanol–water partition coefficient (Wildman–Crippen LogP) is 10.1. The van der Waals surface area contributed by atoms with E-state index in [0.29, 0.717) is 0 Å². The summed E-state index contributed by atoms with van der Waals surface area (Å²) < 4.78 is 5.85. The molecular formula is C32H52O. The summed E-state index contributed by atoms with van der Waals surface area (Å²) in [6.07, 6.45) is 27.7. The molecule has 3 rings (SSSR count). The Balaban J connectivity index is 1.26. The molecular weight excluding hydrogens is 400 g/mol. The number of hydrogen-bond acceptors (Lipinski definition) is 1. The van der Waals surface area contributed by atoms with Crippen molar-refractivity contribution in [3.8, 4) is 5.75 Å². The van der Waals surface area contributed by atoms with E-state index in [9.17, 15) is 0 Å². The summed E-state index contributed by atoms with van der Waals surface area (Å²) in [4.78, 5) is 0. The normalized spacial score (nSPS) is 23.3. The van der Waals surface area contributed by atoms with Crippen molar-refractivity contribution in [3.63, 3.8) is 0 Å². The van der Waals surface area contributed by atoms with Gasteiger partial charge < -0.3 is 4.74 Å². The molecule has 0 radical (unpaired) electrons. The highest BCUT2D eigenvalue weighted by Crippen LogP contribution is 2.37. The molecule has 0 bridgehead atoms. The van der Waals surface area contributed by atoms with Crippen LogP contribution in [0.5, 0.6) is 5.75 Å². The average Bonchev–Trinajstić information content (AvgIpc) is 2.86. The van der Waals surface area contributed by atoms with Crippen LogP contribution in [0, 0.1) is 17.8 Å². The van der Waals surface area contributed by atoms with Gasteiger partial charge in [-0.2, -0.15) is 0 Å².